The molecule has 4 nitrogen and oxygen atoms in total. The van der Waals surface area contributed by atoms with E-state index in [1.165, 1.54) is 23.9 Å². The molecule has 0 saturated heterocycles. The van der Waals surface area contributed by atoms with Crippen molar-refractivity contribution in [3.05, 3.63) is 60.6 Å². The third-order valence-electron chi connectivity index (χ3n) is 5.19. The molecule has 0 fully saturated rings. The summed E-state index contributed by atoms with van der Waals surface area (Å²) in [5, 5.41) is 2.26. The second-order valence-electron chi connectivity index (χ2n) is 9.34. The lowest BCUT2D eigenvalue weighted by atomic mass is 9.78. The molecule has 4 heteroatoms. The van der Waals surface area contributed by atoms with Crippen molar-refractivity contribution in [3.8, 4) is 22.6 Å². The number of hydrogen-bond acceptors (Lipinski definition) is 4. The maximum atomic E-state index is 5.74. The Morgan fingerprint density at radius 1 is 0.714 bits per heavy atom. The van der Waals surface area contributed by atoms with Crippen LogP contribution in [0.4, 0.5) is 0 Å². The Hall–Kier alpha value is -2.88. The number of benzene rings is 2. The van der Waals surface area contributed by atoms with Gasteiger partial charge in [-0.25, -0.2) is 9.97 Å². The van der Waals surface area contributed by atoms with Crippen molar-refractivity contribution in [1.29, 1.82) is 0 Å². The van der Waals surface area contributed by atoms with Gasteiger partial charge in [0.25, 0.3) is 0 Å². The molecule has 2 aromatic heterocycles. The third kappa shape index (κ3) is 3.13. The van der Waals surface area contributed by atoms with Crippen LogP contribution < -0.4 is 0 Å². The van der Waals surface area contributed by atoms with E-state index >= 15 is 0 Å². The van der Waals surface area contributed by atoms with Gasteiger partial charge in [0.1, 0.15) is 0 Å². The summed E-state index contributed by atoms with van der Waals surface area (Å²) in [6.45, 7) is 13.3. The van der Waals surface area contributed by atoms with Crippen LogP contribution in [-0.4, -0.2) is 9.97 Å². The molecule has 0 bridgehead atoms. The normalized spacial score (nSPS) is 12.6. The lowest BCUT2D eigenvalue weighted by Gasteiger charge is -2.26. The van der Waals surface area contributed by atoms with Gasteiger partial charge in [-0.05, 0) is 44.9 Å². The van der Waals surface area contributed by atoms with E-state index in [9.17, 15) is 0 Å². The molecule has 2 heterocycles. The van der Waals surface area contributed by atoms with E-state index in [1.807, 2.05) is 0 Å². The van der Waals surface area contributed by atoms with Gasteiger partial charge < -0.3 is 8.83 Å². The minimum absolute atomic E-state index is 0.0436. The molecule has 0 N–H and O–H groups in total. The zero-order valence-electron chi connectivity index (χ0n) is 17.3. The maximum absolute atomic E-state index is 5.74. The minimum atomic E-state index is -0.0895. The average Bonchev–Trinajstić information content (AvgIpc) is 3.32. The Balaban J connectivity index is 2.17. The lowest BCUT2D eigenvalue weighted by molar-refractivity contribution is 0.559. The third-order valence-corrected chi connectivity index (χ3v) is 5.19. The Kier molecular flexibility index (Phi) is 4.18. The van der Waals surface area contributed by atoms with Crippen LogP contribution in [-0.2, 0) is 10.8 Å². The van der Waals surface area contributed by atoms with E-state index in [0.29, 0.717) is 0 Å². The van der Waals surface area contributed by atoms with Crippen LogP contribution in [0.3, 0.4) is 0 Å². The van der Waals surface area contributed by atoms with E-state index in [4.69, 9.17) is 8.83 Å². The fourth-order valence-corrected chi connectivity index (χ4v) is 3.64. The van der Waals surface area contributed by atoms with Crippen molar-refractivity contribution in [3.63, 3.8) is 0 Å². The fraction of sp³-hybridized carbons (Fsp3) is 0.333. The summed E-state index contributed by atoms with van der Waals surface area (Å²) in [5.74, 6) is 1.55. The van der Waals surface area contributed by atoms with Crippen LogP contribution in [0.15, 0.2) is 58.3 Å². The monoisotopic (exact) mass is 374 g/mol. The predicted octanol–water partition coefficient (Wildman–Crippen LogP) is 6.74. The van der Waals surface area contributed by atoms with E-state index in [1.54, 1.807) is 12.4 Å². The molecular weight excluding hydrogens is 348 g/mol. The smallest absolute Gasteiger partial charge is 0.181 e. The van der Waals surface area contributed by atoms with Gasteiger partial charge in [0.15, 0.2) is 24.3 Å². The maximum Gasteiger partial charge on any atom is 0.181 e. The highest BCUT2D eigenvalue weighted by Gasteiger charge is 2.26. The quantitative estimate of drug-likeness (QED) is 0.389. The number of fused-ring (bicyclic) bond motifs is 1. The number of rotatable bonds is 2. The van der Waals surface area contributed by atoms with E-state index in [0.717, 1.165) is 33.4 Å². The molecule has 0 aliphatic carbocycles. The van der Waals surface area contributed by atoms with Crippen molar-refractivity contribution >= 4 is 10.8 Å². The molecule has 28 heavy (non-hydrogen) atoms. The summed E-state index contributed by atoms with van der Waals surface area (Å²) in [4.78, 5) is 8.31. The number of aromatic nitrogens is 2. The summed E-state index contributed by atoms with van der Waals surface area (Å²) >= 11 is 0. The first-order valence-corrected chi connectivity index (χ1v) is 9.56. The first-order valence-electron chi connectivity index (χ1n) is 9.56. The van der Waals surface area contributed by atoms with Gasteiger partial charge in [0.2, 0.25) is 0 Å². The van der Waals surface area contributed by atoms with E-state index < -0.39 is 0 Å². The van der Waals surface area contributed by atoms with Gasteiger partial charge in [0, 0.05) is 11.1 Å². The zero-order chi connectivity index (χ0) is 20.1. The van der Waals surface area contributed by atoms with Crippen molar-refractivity contribution in [2.45, 2.75) is 52.4 Å². The standard InChI is InChI=1S/C24H26N2O2/c1-23(2,3)15-7-8-16-17(9-15)18(20-11-25-13-27-20)10-19(24(4,5)6)22(16)21-12-26-14-28-21/h7-14H,1-6H3. The molecule has 144 valence electrons. The number of oxazole rings is 2. The van der Waals surface area contributed by atoms with Crippen molar-refractivity contribution in [2.24, 2.45) is 0 Å². The zero-order valence-corrected chi connectivity index (χ0v) is 17.3. The largest absolute Gasteiger partial charge is 0.443 e. The molecule has 0 amide bonds. The fourth-order valence-electron chi connectivity index (χ4n) is 3.64. The van der Waals surface area contributed by atoms with Crippen LogP contribution in [0.25, 0.3) is 33.4 Å². The van der Waals surface area contributed by atoms with Gasteiger partial charge in [-0.1, -0.05) is 53.7 Å². The van der Waals surface area contributed by atoms with Crippen LogP contribution in [0.2, 0.25) is 0 Å². The molecular formula is C24H26N2O2. The first-order chi connectivity index (χ1) is 13.2. The highest BCUT2D eigenvalue weighted by atomic mass is 16.3. The SMILES string of the molecule is CC(C)(C)c1ccc2c(-c3cnco3)c(C(C)(C)C)cc(-c3cnco3)c2c1. The molecule has 0 aliphatic rings. The molecule has 0 aliphatic heterocycles. The summed E-state index contributed by atoms with van der Waals surface area (Å²) in [7, 11) is 0. The second kappa shape index (κ2) is 6.33. The Morgan fingerprint density at radius 2 is 1.36 bits per heavy atom. The van der Waals surface area contributed by atoms with Crippen LogP contribution in [0.1, 0.15) is 52.7 Å². The minimum Gasteiger partial charge on any atom is -0.443 e. The highest BCUT2D eigenvalue weighted by molar-refractivity contribution is 6.05. The van der Waals surface area contributed by atoms with Crippen molar-refractivity contribution in [2.75, 3.05) is 0 Å². The van der Waals surface area contributed by atoms with Crippen molar-refractivity contribution < 1.29 is 8.83 Å². The van der Waals surface area contributed by atoms with Gasteiger partial charge in [-0.3, -0.25) is 0 Å². The highest BCUT2D eigenvalue weighted by Crippen LogP contribution is 2.44. The molecule has 0 unspecified atom stereocenters. The number of nitrogens with zero attached hydrogens (tertiary/aromatic N) is 2. The molecule has 4 aromatic rings. The van der Waals surface area contributed by atoms with Gasteiger partial charge >= 0.3 is 0 Å². The second-order valence-corrected chi connectivity index (χ2v) is 9.34. The van der Waals surface area contributed by atoms with E-state index in [2.05, 4.69) is 75.8 Å². The molecule has 0 saturated carbocycles. The summed E-state index contributed by atoms with van der Waals surface area (Å²) in [6.07, 6.45) is 6.53. The summed E-state index contributed by atoms with van der Waals surface area (Å²) < 4.78 is 11.4. The average molecular weight is 374 g/mol. The summed E-state index contributed by atoms with van der Waals surface area (Å²) in [6, 6.07) is 8.88. The van der Waals surface area contributed by atoms with Crippen molar-refractivity contribution in [1.82, 2.24) is 9.97 Å². The molecule has 0 atom stereocenters. The van der Waals surface area contributed by atoms with Gasteiger partial charge in [-0.2, -0.15) is 0 Å². The Labute approximate surface area is 165 Å². The topological polar surface area (TPSA) is 52.1 Å². The predicted molar refractivity (Wildman–Crippen MR) is 112 cm³/mol. The first kappa shape index (κ1) is 18.5. The summed E-state index contributed by atoms with van der Waals surface area (Å²) in [5.41, 5.74) is 4.55. The molecule has 0 radical (unpaired) electrons. The van der Waals surface area contributed by atoms with Crippen LogP contribution >= 0.6 is 0 Å². The van der Waals surface area contributed by atoms with Gasteiger partial charge in [-0.15, -0.1) is 0 Å². The number of hydrogen-bond donors (Lipinski definition) is 0. The van der Waals surface area contributed by atoms with E-state index in [-0.39, 0.29) is 10.8 Å². The Morgan fingerprint density at radius 3 is 1.89 bits per heavy atom. The molecule has 0 spiro atoms. The molecule has 4 rings (SSSR count). The van der Waals surface area contributed by atoms with Gasteiger partial charge in [0.05, 0.1) is 12.4 Å². The molecule has 2 aromatic carbocycles. The van der Waals surface area contributed by atoms with Crippen LogP contribution in [0, 0.1) is 0 Å². The Bertz CT molecular complexity index is 1110. The lowest BCUT2D eigenvalue weighted by Crippen LogP contribution is -2.14. The van der Waals surface area contributed by atoms with Crippen LogP contribution in [0.5, 0.6) is 0 Å².